The lowest BCUT2D eigenvalue weighted by Gasteiger charge is -2.12. The Bertz CT molecular complexity index is 1120. The lowest BCUT2D eigenvalue weighted by atomic mass is 10.2. The van der Waals surface area contributed by atoms with E-state index in [0.717, 1.165) is 0 Å². The average Bonchev–Trinajstić information content (AvgIpc) is 3.16. The van der Waals surface area contributed by atoms with Gasteiger partial charge in [0.25, 0.3) is 0 Å². The van der Waals surface area contributed by atoms with Crippen molar-refractivity contribution in [2.75, 3.05) is 6.54 Å². The van der Waals surface area contributed by atoms with Crippen LogP contribution in [0.25, 0.3) is 0 Å². The summed E-state index contributed by atoms with van der Waals surface area (Å²) in [4.78, 5) is 3.90. The van der Waals surface area contributed by atoms with Gasteiger partial charge in [-0.3, -0.25) is 0 Å². The van der Waals surface area contributed by atoms with E-state index < -0.39 is 19.9 Å². The monoisotopic (exact) mass is 405 g/mol. The molecule has 1 aromatic heterocycles. The molecule has 2 aromatic carbocycles. The molecule has 0 bridgehead atoms. The van der Waals surface area contributed by atoms with Crippen LogP contribution in [0.3, 0.4) is 0 Å². The van der Waals surface area contributed by atoms with Crippen LogP contribution in [0.15, 0.2) is 81.9 Å². The number of hydrogen-bond donors (Lipinski definition) is 1. The van der Waals surface area contributed by atoms with E-state index in [2.05, 4.69) is 9.71 Å². The number of imidazole rings is 1. The quantitative estimate of drug-likeness (QED) is 0.648. The number of nitrogens with zero attached hydrogens (tertiary/aromatic N) is 2. The molecule has 0 aliphatic carbocycles. The van der Waals surface area contributed by atoms with Crippen LogP contribution < -0.4 is 4.72 Å². The number of hydrogen-bond acceptors (Lipinski definition) is 5. The zero-order valence-electron chi connectivity index (χ0n) is 14.6. The average molecular weight is 406 g/mol. The molecule has 9 heteroatoms. The highest BCUT2D eigenvalue weighted by atomic mass is 32.2. The Balaban J connectivity index is 1.88. The minimum atomic E-state index is -3.86. The second-order valence-corrected chi connectivity index (χ2v) is 9.63. The van der Waals surface area contributed by atoms with Crippen molar-refractivity contribution in [1.82, 2.24) is 14.3 Å². The van der Waals surface area contributed by atoms with Crippen molar-refractivity contribution >= 4 is 19.9 Å². The first-order valence-electron chi connectivity index (χ1n) is 8.17. The van der Waals surface area contributed by atoms with Gasteiger partial charge < -0.3 is 4.57 Å². The van der Waals surface area contributed by atoms with Gasteiger partial charge in [-0.1, -0.05) is 24.3 Å². The summed E-state index contributed by atoms with van der Waals surface area (Å²) >= 11 is 0. The van der Waals surface area contributed by atoms with Gasteiger partial charge in [0, 0.05) is 25.5 Å². The molecule has 0 aliphatic heterocycles. The topological polar surface area (TPSA) is 98.1 Å². The van der Waals surface area contributed by atoms with Crippen molar-refractivity contribution in [3.05, 3.63) is 72.8 Å². The molecule has 0 radical (unpaired) electrons. The molecule has 27 heavy (non-hydrogen) atoms. The van der Waals surface area contributed by atoms with E-state index in [1.165, 1.54) is 30.3 Å². The Hall–Kier alpha value is -2.49. The zero-order chi connectivity index (χ0) is 19.5. The predicted octanol–water partition coefficient (Wildman–Crippen LogP) is 2.00. The number of sulfonamides is 1. The molecule has 7 nitrogen and oxygen atoms in total. The summed E-state index contributed by atoms with van der Waals surface area (Å²) in [6.45, 7) is 2.21. The van der Waals surface area contributed by atoms with Crippen molar-refractivity contribution in [3.63, 3.8) is 0 Å². The smallest absolute Gasteiger partial charge is 0.240 e. The van der Waals surface area contributed by atoms with E-state index >= 15 is 0 Å². The number of aryl methyl sites for hydroxylation is 1. The van der Waals surface area contributed by atoms with Gasteiger partial charge >= 0.3 is 0 Å². The third-order valence-corrected chi connectivity index (χ3v) is 7.40. The minimum Gasteiger partial charge on any atom is -0.336 e. The molecule has 0 saturated heterocycles. The van der Waals surface area contributed by atoms with Crippen LogP contribution in [0.2, 0.25) is 0 Å². The summed E-state index contributed by atoms with van der Waals surface area (Å²) in [5.41, 5.74) is 0.470. The third kappa shape index (κ3) is 4.26. The maximum Gasteiger partial charge on any atom is 0.240 e. The van der Waals surface area contributed by atoms with Gasteiger partial charge in [0.1, 0.15) is 0 Å². The fourth-order valence-corrected chi connectivity index (χ4v) is 5.25. The Labute approximate surface area is 158 Å². The van der Waals surface area contributed by atoms with Crippen molar-refractivity contribution in [3.8, 4) is 0 Å². The third-order valence-electron chi connectivity index (χ3n) is 4.03. The highest BCUT2D eigenvalue weighted by Crippen LogP contribution is 2.25. The lowest BCUT2D eigenvalue weighted by Crippen LogP contribution is -2.28. The van der Waals surface area contributed by atoms with Gasteiger partial charge in [0.15, 0.2) is 0 Å². The second-order valence-electron chi connectivity index (χ2n) is 5.94. The molecular formula is C18H19N3O4S2. The molecule has 142 valence electrons. The number of nitrogens with one attached hydrogen (secondary N) is 1. The fourth-order valence-electron chi connectivity index (χ4n) is 2.58. The first-order chi connectivity index (χ1) is 12.8. The summed E-state index contributed by atoms with van der Waals surface area (Å²) in [5, 5.41) is 0. The number of aromatic nitrogens is 2. The van der Waals surface area contributed by atoms with Crippen molar-refractivity contribution in [2.24, 2.45) is 0 Å². The Morgan fingerprint density at radius 1 is 1.00 bits per heavy atom. The maximum atomic E-state index is 12.8. The predicted molar refractivity (Wildman–Crippen MR) is 100 cm³/mol. The van der Waals surface area contributed by atoms with Crippen LogP contribution in [0.5, 0.6) is 0 Å². The summed E-state index contributed by atoms with van der Waals surface area (Å²) in [7, 11) is -7.66. The highest BCUT2D eigenvalue weighted by Gasteiger charge is 2.23. The van der Waals surface area contributed by atoms with E-state index in [1.807, 2.05) is 0 Å². The molecule has 1 heterocycles. The fraction of sp³-hybridized carbons (Fsp3) is 0.167. The van der Waals surface area contributed by atoms with Crippen molar-refractivity contribution in [2.45, 2.75) is 28.2 Å². The summed E-state index contributed by atoms with van der Waals surface area (Å²) in [5.74, 6) is 0. The Morgan fingerprint density at radius 2 is 1.74 bits per heavy atom. The van der Waals surface area contributed by atoms with E-state index in [-0.39, 0.29) is 21.2 Å². The maximum absolute atomic E-state index is 12.8. The lowest BCUT2D eigenvalue weighted by molar-refractivity contribution is 0.572. The van der Waals surface area contributed by atoms with Gasteiger partial charge in [0.2, 0.25) is 19.9 Å². The molecule has 3 aromatic rings. The summed E-state index contributed by atoms with van der Waals surface area (Å²) in [6, 6.07) is 12.0. The van der Waals surface area contributed by atoms with E-state index in [1.54, 1.807) is 48.4 Å². The number of benzene rings is 2. The Morgan fingerprint density at radius 3 is 2.41 bits per heavy atom. The first-order valence-corrected chi connectivity index (χ1v) is 11.1. The van der Waals surface area contributed by atoms with Crippen molar-refractivity contribution < 1.29 is 16.8 Å². The zero-order valence-corrected chi connectivity index (χ0v) is 16.2. The molecule has 0 spiro atoms. The molecule has 0 aliphatic rings. The molecule has 1 N–H and O–H groups in total. The summed E-state index contributed by atoms with van der Waals surface area (Å²) in [6.07, 6.45) is 4.93. The molecule has 0 fully saturated rings. The van der Waals surface area contributed by atoms with Gasteiger partial charge in [-0.2, -0.15) is 0 Å². The summed E-state index contributed by atoms with van der Waals surface area (Å²) < 4.78 is 55.1. The largest absolute Gasteiger partial charge is 0.336 e. The van der Waals surface area contributed by atoms with Crippen LogP contribution >= 0.6 is 0 Å². The van der Waals surface area contributed by atoms with Crippen LogP contribution in [-0.2, 0) is 26.4 Å². The molecule has 0 atom stereocenters. The van der Waals surface area contributed by atoms with Gasteiger partial charge in [-0.25, -0.2) is 26.5 Å². The normalized spacial score (nSPS) is 12.2. The highest BCUT2D eigenvalue weighted by molar-refractivity contribution is 7.91. The second kappa shape index (κ2) is 7.63. The number of sulfone groups is 1. The SMILES string of the molecule is Cc1ccc(S(=O)(=O)c2ccccc2)cc1S(=O)(=O)NCCn1ccnc1. The van der Waals surface area contributed by atoms with E-state index in [0.29, 0.717) is 12.1 Å². The van der Waals surface area contributed by atoms with Crippen LogP contribution in [0.1, 0.15) is 5.56 Å². The molecule has 0 amide bonds. The standard InChI is InChI=1S/C18H19N3O4S2/c1-15-7-8-17(26(22,23)16-5-3-2-4-6-16)13-18(15)27(24,25)20-10-12-21-11-9-19-14-21/h2-9,11,13-14,20H,10,12H2,1H3. The van der Waals surface area contributed by atoms with Crippen LogP contribution in [0, 0.1) is 6.92 Å². The molecular weight excluding hydrogens is 386 g/mol. The van der Waals surface area contributed by atoms with Crippen LogP contribution in [-0.4, -0.2) is 32.9 Å². The Kier molecular flexibility index (Phi) is 5.45. The minimum absolute atomic E-state index is 0.0508. The molecule has 3 rings (SSSR count). The van der Waals surface area contributed by atoms with E-state index in [9.17, 15) is 16.8 Å². The van der Waals surface area contributed by atoms with Crippen LogP contribution in [0.4, 0.5) is 0 Å². The van der Waals surface area contributed by atoms with Gasteiger partial charge in [-0.15, -0.1) is 0 Å². The number of rotatable bonds is 7. The van der Waals surface area contributed by atoms with Gasteiger partial charge in [-0.05, 0) is 36.8 Å². The van der Waals surface area contributed by atoms with Gasteiger partial charge in [0.05, 0.1) is 21.0 Å². The van der Waals surface area contributed by atoms with E-state index in [4.69, 9.17) is 0 Å². The molecule has 0 saturated carbocycles. The molecule has 0 unspecified atom stereocenters. The van der Waals surface area contributed by atoms with Crippen molar-refractivity contribution in [1.29, 1.82) is 0 Å². The first kappa shape index (κ1) is 19.3.